The van der Waals surface area contributed by atoms with Gasteiger partial charge in [-0.3, -0.25) is 4.79 Å². The fraction of sp³-hybridized carbons (Fsp3) is 0.133. The quantitative estimate of drug-likeness (QED) is 0.808. The van der Waals surface area contributed by atoms with Crippen LogP contribution in [0.1, 0.15) is 33.5 Å². The summed E-state index contributed by atoms with van der Waals surface area (Å²) in [6.07, 6.45) is -0.721. The van der Waals surface area contributed by atoms with Crippen LogP contribution in [0.5, 0.6) is 0 Å². The molecule has 0 radical (unpaired) electrons. The summed E-state index contributed by atoms with van der Waals surface area (Å²) in [7, 11) is 0. The molecule has 0 unspecified atom stereocenters. The Bertz CT molecular complexity index is 560. The van der Waals surface area contributed by atoms with Gasteiger partial charge in [-0.1, -0.05) is 54.6 Å². The van der Waals surface area contributed by atoms with Crippen LogP contribution in [0.25, 0.3) is 0 Å². The minimum Gasteiger partial charge on any atom is -0.387 e. The van der Waals surface area contributed by atoms with E-state index in [2.05, 4.69) is 0 Å². The number of carbonyl (C=O) groups is 1. The van der Waals surface area contributed by atoms with Gasteiger partial charge in [-0.15, -0.1) is 0 Å². The first-order valence-electron chi connectivity index (χ1n) is 5.65. The molecule has 84 valence electrons. The number of rotatable bonds is 1. The van der Waals surface area contributed by atoms with Crippen LogP contribution >= 0.6 is 0 Å². The third kappa shape index (κ3) is 1.49. The van der Waals surface area contributed by atoms with Crippen LogP contribution in [-0.2, 0) is 0 Å². The monoisotopic (exact) mass is 224 g/mol. The topological polar surface area (TPSA) is 37.3 Å². The van der Waals surface area contributed by atoms with Crippen molar-refractivity contribution in [1.29, 1.82) is 0 Å². The van der Waals surface area contributed by atoms with Gasteiger partial charge in [0.25, 0.3) is 0 Å². The molecule has 1 aliphatic rings. The van der Waals surface area contributed by atoms with E-state index in [1.165, 1.54) is 0 Å². The van der Waals surface area contributed by atoms with E-state index in [-0.39, 0.29) is 5.78 Å². The van der Waals surface area contributed by atoms with Crippen molar-refractivity contribution in [2.75, 3.05) is 0 Å². The first-order valence-corrected chi connectivity index (χ1v) is 5.65. The second-order valence-corrected chi connectivity index (χ2v) is 4.28. The zero-order chi connectivity index (χ0) is 11.8. The molecular weight excluding hydrogens is 212 g/mol. The number of ketones is 1. The van der Waals surface area contributed by atoms with Gasteiger partial charge >= 0.3 is 0 Å². The number of hydrogen-bond acceptors (Lipinski definition) is 2. The van der Waals surface area contributed by atoms with Crippen molar-refractivity contribution in [2.45, 2.75) is 12.0 Å². The fourth-order valence-electron chi connectivity index (χ4n) is 2.46. The average molecular weight is 224 g/mol. The van der Waals surface area contributed by atoms with Gasteiger partial charge < -0.3 is 5.11 Å². The maximum Gasteiger partial charge on any atom is 0.173 e. The van der Waals surface area contributed by atoms with E-state index in [1.54, 1.807) is 6.07 Å². The summed E-state index contributed by atoms with van der Waals surface area (Å²) in [4.78, 5) is 12.2. The standard InChI is InChI=1S/C15H12O2/c16-14-11-8-4-5-9-12(11)15(17)13(14)10-6-2-1-3-7-10/h1-9,13-14,16H/t13-,14+/m1/s1. The molecule has 0 spiro atoms. The lowest BCUT2D eigenvalue weighted by Gasteiger charge is -2.13. The molecule has 0 saturated carbocycles. The third-order valence-electron chi connectivity index (χ3n) is 3.30. The molecule has 2 atom stereocenters. The van der Waals surface area contributed by atoms with Crippen LogP contribution in [0.3, 0.4) is 0 Å². The van der Waals surface area contributed by atoms with Crippen molar-refractivity contribution in [3.8, 4) is 0 Å². The van der Waals surface area contributed by atoms with Crippen molar-refractivity contribution in [1.82, 2.24) is 0 Å². The van der Waals surface area contributed by atoms with Crippen LogP contribution in [0.2, 0.25) is 0 Å². The van der Waals surface area contributed by atoms with Gasteiger partial charge in [-0.25, -0.2) is 0 Å². The van der Waals surface area contributed by atoms with Gasteiger partial charge in [0, 0.05) is 5.56 Å². The van der Waals surface area contributed by atoms with Crippen molar-refractivity contribution in [3.05, 3.63) is 71.3 Å². The van der Waals surface area contributed by atoms with E-state index in [0.717, 1.165) is 11.1 Å². The van der Waals surface area contributed by atoms with Crippen LogP contribution in [0.15, 0.2) is 54.6 Å². The van der Waals surface area contributed by atoms with E-state index in [1.807, 2.05) is 48.5 Å². The van der Waals surface area contributed by atoms with E-state index in [4.69, 9.17) is 0 Å². The number of carbonyl (C=O) groups excluding carboxylic acids is 1. The summed E-state index contributed by atoms with van der Waals surface area (Å²) in [5.41, 5.74) is 2.27. The molecule has 2 heteroatoms. The van der Waals surface area contributed by atoms with Crippen LogP contribution in [-0.4, -0.2) is 10.9 Å². The molecule has 1 N–H and O–H groups in total. The van der Waals surface area contributed by atoms with Crippen molar-refractivity contribution >= 4 is 5.78 Å². The zero-order valence-electron chi connectivity index (χ0n) is 9.21. The minimum absolute atomic E-state index is 0.0132. The van der Waals surface area contributed by atoms with Gasteiger partial charge in [0.05, 0.1) is 12.0 Å². The summed E-state index contributed by atoms with van der Waals surface area (Å²) in [6.45, 7) is 0. The Balaban J connectivity index is 2.10. The van der Waals surface area contributed by atoms with Crippen LogP contribution in [0.4, 0.5) is 0 Å². The van der Waals surface area contributed by atoms with E-state index >= 15 is 0 Å². The predicted octanol–water partition coefficient (Wildman–Crippen LogP) is 2.70. The largest absolute Gasteiger partial charge is 0.387 e. The zero-order valence-corrected chi connectivity index (χ0v) is 9.21. The Morgan fingerprint density at radius 2 is 1.53 bits per heavy atom. The Labute approximate surface area is 99.5 Å². The molecule has 0 aliphatic heterocycles. The summed E-state index contributed by atoms with van der Waals surface area (Å²) in [6, 6.07) is 16.7. The second-order valence-electron chi connectivity index (χ2n) is 4.28. The molecule has 0 saturated heterocycles. The molecule has 0 heterocycles. The first kappa shape index (κ1) is 10.2. The molecule has 2 nitrogen and oxygen atoms in total. The number of hydrogen-bond donors (Lipinski definition) is 1. The molecule has 1 aliphatic carbocycles. The Hall–Kier alpha value is -1.93. The minimum atomic E-state index is -0.721. The highest BCUT2D eigenvalue weighted by Crippen LogP contribution is 2.41. The molecule has 0 aromatic heterocycles. The first-order chi connectivity index (χ1) is 8.29. The summed E-state index contributed by atoms with van der Waals surface area (Å²) < 4.78 is 0. The molecular formula is C15H12O2. The molecule has 0 amide bonds. The lowest BCUT2D eigenvalue weighted by atomic mass is 9.93. The molecule has 0 fully saturated rings. The van der Waals surface area contributed by atoms with E-state index < -0.39 is 12.0 Å². The maximum absolute atomic E-state index is 12.2. The lowest BCUT2D eigenvalue weighted by Crippen LogP contribution is -2.11. The summed E-state index contributed by atoms with van der Waals surface area (Å²) >= 11 is 0. The highest BCUT2D eigenvalue weighted by atomic mass is 16.3. The molecule has 0 bridgehead atoms. The van der Waals surface area contributed by atoms with Gasteiger partial charge in [-0.05, 0) is 11.1 Å². The normalized spacial score (nSPS) is 22.5. The van der Waals surface area contributed by atoms with Gasteiger partial charge in [0.1, 0.15) is 0 Å². The second kappa shape index (κ2) is 3.82. The van der Waals surface area contributed by atoms with E-state index in [9.17, 15) is 9.90 Å². The summed E-state index contributed by atoms with van der Waals surface area (Å²) in [5.74, 6) is -0.437. The summed E-state index contributed by atoms with van der Waals surface area (Å²) in [5, 5.41) is 10.2. The number of Topliss-reactive ketones (excluding diaryl/α,β-unsaturated/α-hetero) is 1. The van der Waals surface area contributed by atoms with E-state index in [0.29, 0.717) is 5.56 Å². The molecule has 3 rings (SSSR count). The predicted molar refractivity (Wildman–Crippen MR) is 64.9 cm³/mol. The van der Waals surface area contributed by atoms with Crippen molar-refractivity contribution < 1.29 is 9.90 Å². The number of benzene rings is 2. The van der Waals surface area contributed by atoms with Crippen molar-refractivity contribution in [3.63, 3.8) is 0 Å². The van der Waals surface area contributed by atoms with Crippen LogP contribution < -0.4 is 0 Å². The maximum atomic E-state index is 12.2. The van der Waals surface area contributed by atoms with Crippen molar-refractivity contribution in [2.24, 2.45) is 0 Å². The lowest BCUT2D eigenvalue weighted by molar-refractivity contribution is 0.0872. The Kier molecular flexibility index (Phi) is 2.30. The fourth-order valence-corrected chi connectivity index (χ4v) is 2.46. The van der Waals surface area contributed by atoms with Crippen LogP contribution in [0, 0.1) is 0 Å². The molecule has 17 heavy (non-hydrogen) atoms. The number of aliphatic hydroxyl groups is 1. The van der Waals surface area contributed by atoms with Gasteiger partial charge in [0.15, 0.2) is 5.78 Å². The number of fused-ring (bicyclic) bond motifs is 1. The SMILES string of the molecule is O=C1c2ccccc2[C@H](O)[C@H]1c1ccccc1. The average Bonchev–Trinajstić information content (AvgIpc) is 2.64. The smallest absolute Gasteiger partial charge is 0.173 e. The Morgan fingerprint density at radius 3 is 2.24 bits per heavy atom. The molecule has 2 aromatic carbocycles. The third-order valence-corrected chi connectivity index (χ3v) is 3.30. The highest BCUT2D eigenvalue weighted by molar-refractivity contribution is 6.05. The molecule has 2 aromatic rings. The van der Waals surface area contributed by atoms with Gasteiger partial charge in [-0.2, -0.15) is 0 Å². The Morgan fingerprint density at radius 1 is 0.882 bits per heavy atom. The van der Waals surface area contributed by atoms with Gasteiger partial charge in [0.2, 0.25) is 0 Å². The number of aliphatic hydroxyl groups excluding tert-OH is 1. The highest BCUT2D eigenvalue weighted by Gasteiger charge is 2.39.